The van der Waals surface area contributed by atoms with E-state index in [1.165, 1.54) is 6.07 Å². The summed E-state index contributed by atoms with van der Waals surface area (Å²) in [4.78, 5) is 26.6. The molecule has 4 rings (SSSR count). The standard InChI is InChI=1S/C22H25N3O6/c1-14(2)15-3-5-16(6-4-15)23-22(26)21(24-7-9-29-10-8-24)17-11-19-20(31-13-30-19)12-18(17)25(27)28/h3-6,11-12,14,21H,7-10,13H2,1-2H3,(H,23,26). The second-order valence-corrected chi connectivity index (χ2v) is 7.84. The lowest BCUT2D eigenvalue weighted by Crippen LogP contribution is -2.44. The zero-order chi connectivity index (χ0) is 22.0. The van der Waals surface area contributed by atoms with E-state index in [9.17, 15) is 14.9 Å². The normalized spacial score (nSPS) is 16.9. The Kier molecular flexibility index (Phi) is 6.06. The summed E-state index contributed by atoms with van der Waals surface area (Å²) in [5.41, 5.74) is 1.89. The molecule has 31 heavy (non-hydrogen) atoms. The molecule has 2 heterocycles. The summed E-state index contributed by atoms with van der Waals surface area (Å²) in [6.45, 7) is 6.05. The smallest absolute Gasteiger partial charge is 0.278 e. The number of benzene rings is 2. The molecule has 0 aromatic heterocycles. The van der Waals surface area contributed by atoms with Crippen LogP contribution in [0.5, 0.6) is 11.5 Å². The average molecular weight is 427 g/mol. The quantitative estimate of drug-likeness (QED) is 0.556. The topological polar surface area (TPSA) is 103 Å². The predicted octanol–water partition coefficient (Wildman–Crippen LogP) is 3.46. The molecule has 0 bridgehead atoms. The Morgan fingerprint density at radius 3 is 2.35 bits per heavy atom. The maximum Gasteiger partial charge on any atom is 0.278 e. The van der Waals surface area contributed by atoms with Crippen molar-refractivity contribution < 1.29 is 23.9 Å². The summed E-state index contributed by atoms with van der Waals surface area (Å²) in [7, 11) is 0. The van der Waals surface area contributed by atoms with Crippen molar-refractivity contribution >= 4 is 17.3 Å². The van der Waals surface area contributed by atoms with E-state index in [2.05, 4.69) is 19.2 Å². The first-order valence-electron chi connectivity index (χ1n) is 10.2. The molecule has 0 spiro atoms. The fourth-order valence-electron chi connectivity index (χ4n) is 3.83. The van der Waals surface area contributed by atoms with Crippen LogP contribution in [0.15, 0.2) is 36.4 Å². The molecule has 1 amide bonds. The number of nitrogens with one attached hydrogen (secondary N) is 1. The molecular weight excluding hydrogens is 402 g/mol. The lowest BCUT2D eigenvalue weighted by molar-refractivity contribution is -0.386. The minimum absolute atomic E-state index is 0.00738. The number of amides is 1. The Balaban J connectivity index is 1.69. The molecule has 2 aliphatic rings. The van der Waals surface area contributed by atoms with E-state index < -0.39 is 11.0 Å². The minimum atomic E-state index is -0.872. The Hall–Kier alpha value is -3.17. The van der Waals surface area contributed by atoms with Gasteiger partial charge >= 0.3 is 0 Å². The fraction of sp³-hybridized carbons (Fsp3) is 0.409. The van der Waals surface area contributed by atoms with Crippen LogP contribution in [-0.4, -0.2) is 48.8 Å². The summed E-state index contributed by atoms with van der Waals surface area (Å²) in [5.74, 6) is 0.733. The molecule has 9 heteroatoms. The van der Waals surface area contributed by atoms with Crippen LogP contribution in [0, 0.1) is 10.1 Å². The first-order chi connectivity index (χ1) is 14.9. The van der Waals surface area contributed by atoms with Gasteiger partial charge in [-0.3, -0.25) is 19.8 Å². The van der Waals surface area contributed by atoms with Crippen molar-refractivity contribution in [2.75, 3.05) is 38.4 Å². The number of nitro groups is 1. The lowest BCUT2D eigenvalue weighted by Gasteiger charge is -2.33. The van der Waals surface area contributed by atoms with Crippen LogP contribution >= 0.6 is 0 Å². The van der Waals surface area contributed by atoms with Gasteiger partial charge in [0, 0.05) is 18.8 Å². The number of carbonyl (C=O) groups excluding carboxylic acids is 1. The molecule has 1 unspecified atom stereocenters. The van der Waals surface area contributed by atoms with E-state index in [4.69, 9.17) is 14.2 Å². The van der Waals surface area contributed by atoms with Crippen molar-refractivity contribution in [1.29, 1.82) is 0 Å². The lowest BCUT2D eigenvalue weighted by atomic mass is 10.00. The highest BCUT2D eigenvalue weighted by molar-refractivity contribution is 5.96. The maximum absolute atomic E-state index is 13.4. The zero-order valence-electron chi connectivity index (χ0n) is 17.5. The van der Waals surface area contributed by atoms with Crippen molar-refractivity contribution in [2.24, 2.45) is 0 Å². The number of morpholine rings is 1. The average Bonchev–Trinajstić information content (AvgIpc) is 3.22. The van der Waals surface area contributed by atoms with Gasteiger partial charge in [-0.25, -0.2) is 0 Å². The van der Waals surface area contributed by atoms with Gasteiger partial charge in [0.15, 0.2) is 11.5 Å². The van der Waals surface area contributed by atoms with Gasteiger partial charge in [0.1, 0.15) is 6.04 Å². The van der Waals surface area contributed by atoms with E-state index in [0.29, 0.717) is 49.4 Å². The number of nitrogens with zero attached hydrogens (tertiary/aromatic N) is 2. The van der Waals surface area contributed by atoms with Crippen molar-refractivity contribution in [3.63, 3.8) is 0 Å². The van der Waals surface area contributed by atoms with Gasteiger partial charge in [-0.1, -0.05) is 26.0 Å². The number of hydrogen-bond acceptors (Lipinski definition) is 7. The van der Waals surface area contributed by atoms with E-state index in [0.717, 1.165) is 5.56 Å². The van der Waals surface area contributed by atoms with Crippen LogP contribution in [0.1, 0.15) is 36.9 Å². The maximum atomic E-state index is 13.4. The van der Waals surface area contributed by atoms with Gasteiger partial charge in [-0.05, 0) is 29.7 Å². The van der Waals surface area contributed by atoms with Crippen LogP contribution in [0.4, 0.5) is 11.4 Å². The van der Waals surface area contributed by atoms with Crippen molar-refractivity contribution in [3.8, 4) is 11.5 Å². The summed E-state index contributed by atoms with van der Waals surface area (Å²) in [6, 6.07) is 9.62. The third-order valence-electron chi connectivity index (χ3n) is 5.52. The number of ether oxygens (including phenoxy) is 3. The van der Waals surface area contributed by atoms with Gasteiger partial charge in [0.25, 0.3) is 5.69 Å². The molecule has 1 fully saturated rings. The van der Waals surface area contributed by atoms with Crippen LogP contribution in [0.3, 0.4) is 0 Å². The van der Waals surface area contributed by atoms with Gasteiger partial charge < -0.3 is 19.5 Å². The Morgan fingerprint density at radius 2 is 1.74 bits per heavy atom. The van der Waals surface area contributed by atoms with Crippen LogP contribution in [0.25, 0.3) is 0 Å². The summed E-state index contributed by atoms with van der Waals surface area (Å²) < 4.78 is 16.1. The second-order valence-electron chi connectivity index (χ2n) is 7.84. The van der Waals surface area contributed by atoms with Gasteiger partial charge in [-0.15, -0.1) is 0 Å². The van der Waals surface area contributed by atoms with Crippen LogP contribution in [0.2, 0.25) is 0 Å². The summed E-state index contributed by atoms with van der Waals surface area (Å²) in [6.07, 6.45) is 0. The van der Waals surface area contributed by atoms with E-state index in [-0.39, 0.29) is 24.0 Å². The van der Waals surface area contributed by atoms with Crippen LogP contribution < -0.4 is 14.8 Å². The molecule has 1 saturated heterocycles. The van der Waals surface area contributed by atoms with Crippen molar-refractivity contribution in [1.82, 2.24) is 4.90 Å². The summed E-state index contributed by atoms with van der Waals surface area (Å²) >= 11 is 0. The number of hydrogen-bond donors (Lipinski definition) is 1. The molecule has 0 saturated carbocycles. The van der Waals surface area contributed by atoms with Gasteiger partial charge in [-0.2, -0.15) is 0 Å². The second kappa shape index (κ2) is 8.91. The van der Waals surface area contributed by atoms with E-state index in [1.54, 1.807) is 6.07 Å². The first kappa shape index (κ1) is 21.1. The molecule has 2 aromatic carbocycles. The molecule has 1 N–H and O–H groups in total. The number of rotatable bonds is 6. The molecule has 0 aliphatic carbocycles. The number of carbonyl (C=O) groups is 1. The monoisotopic (exact) mass is 427 g/mol. The predicted molar refractivity (Wildman–Crippen MR) is 114 cm³/mol. The molecular formula is C22H25N3O6. The van der Waals surface area contributed by atoms with Gasteiger partial charge in [0.05, 0.1) is 29.8 Å². The van der Waals surface area contributed by atoms with E-state index in [1.807, 2.05) is 29.2 Å². The molecule has 2 aliphatic heterocycles. The van der Waals surface area contributed by atoms with E-state index >= 15 is 0 Å². The molecule has 1 atom stereocenters. The Morgan fingerprint density at radius 1 is 1.10 bits per heavy atom. The van der Waals surface area contributed by atoms with Crippen molar-refractivity contribution in [3.05, 3.63) is 57.6 Å². The number of anilines is 1. The van der Waals surface area contributed by atoms with Crippen molar-refractivity contribution in [2.45, 2.75) is 25.8 Å². The first-order valence-corrected chi connectivity index (χ1v) is 10.2. The molecule has 2 aromatic rings. The molecule has 0 radical (unpaired) electrons. The fourth-order valence-corrected chi connectivity index (χ4v) is 3.83. The minimum Gasteiger partial charge on any atom is -0.454 e. The zero-order valence-corrected chi connectivity index (χ0v) is 17.5. The highest BCUT2D eigenvalue weighted by Crippen LogP contribution is 2.42. The molecule has 164 valence electrons. The number of fused-ring (bicyclic) bond motifs is 1. The third-order valence-corrected chi connectivity index (χ3v) is 5.52. The third kappa shape index (κ3) is 4.47. The molecule has 9 nitrogen and oxygen atoms in total. The highest BCUT2D eigenvalue weighted by atomic mass is 16.7. The Labute approximate surface area is 180 Å². The highest BCUT2D eigenvalue weighted by Gasteiger charge is 2.36. The van der Waals surface area contributed by atoms with Gasteiger partial charge in [0.2, 0.25) is 12.7 Å². The SMILES string of the molecule is CC(C)c1ccc(NC(=O)C(c2cc3c(cc2[N+](=O)[O-])OCO3)N2CCOCC2)cc1. The largest absolute Gasteiger partial charge is 0.454 e. The van der Waals surface area contributed by atoms with Crippen LogP contribution in [-0.2, 0) is 9.53 Å². The summed E-state index contributed by atoms with van der Waals surface area (Å²) in [5, 5.41) is 14.7. The Bertz CT molecular complexity index is 970. The number of nitro benzene ring substituents is 1.